The largest absolute Gasteiger partial charge is 0.368 e. The molecule has 2 aromatic heterocycles. The number of rotatable bonds is 5. The van der Waals surface area contributed by atoms with Crippen molar-refractivity contribution < 1.29 is 4.52 Å². The topological polar surface area (TPSA) is 95.7 Å². The van der Waals surface area contributed by atoms with E-state index in [0.29, 0.717) is 23.4 Å². The maximum Gasteiger partial charge on any atom is 0.226 e. The normalized spacial score (nSPS) is 10.9. The van der Waals surface area contributed by atoms with Crippen molar-refractivity contribution in [3.05, 3.63) is 11.7 Å². The molecular weight excluding hydrogens is 240 g/mol. The predicted molar refractivity (Wildman–Crippen MR) is 63.3 cm³/mol. The van der Waals surface area contributed by atoms with Gasteiger partial charge in [0, 0.05) is 13.5 Å². The van der Waals surface area contributed by atoms with Crippen molar-refractivity contribution in [2.45, 2.75) is 30.7 Å². The Kier molecular flexibility index (Phi) is 3.62. The standard InChI is InChI=1S/C9H14N6OS/c1-3-4-7-11-6(14-16-7)5-17-9-13-12-8(10)15(9)2/h3-5H2,1-2H3,(H2,10,12). The summed E-state index contributed by atoms with van der Waals surface area (Å²) < 4.78 is 6.81. The number of anilines is 1. The number of aromatic nitrogens is 5. The Morgan fingerprint density at radius 1 is 1.41 bits per heavy atom. The first-order chi connectivity index (χ1) is 8.20. The van der Waals surface area contributed by atoms with Crippen LogP contribution in [0.25, 0.3) is 0 Å². The van der Waals surface area contributed by atoms with Crippen LogP contribution in [0.4, 0.5) is 5.95 Å². The molecule has 2 heterocycles. The zero-order valence-corrected chi connectivity index (χ0v) is 10.6. The predicted octanol–water partition coefficient (Wildman–Crippen LogP) is 1.03. The van der Waals surface area contributed by atoms with E-state index >= 15 is 0 Å². The Labute approximate surface area is 103 Å². The average molecular weight is 254 g/mol. The number of nitrogens with zero attached hydrogens (tertiary/aromatic N) is 5. The lowest BCUT2D eigenvalue weighted by Gasteiger charge is -1.97. The SMILES string of the molecule is CCCc1nc(CSc2nnc(N)n2C)no1. The zero-order chi connectivity index (χ0) is 12.3. The highest BCUT2D eigenvalue weighted by Gasteiger charge is 2.10. The Bertz CT molecular complexity index is 493. The molecule has 0 amide bonds. The third kappa shape index (κ3) is 2.76. The van der Waals surface area contributed by atoms with Crippen molar-refractivity contribution in [3.63, 3.8) is 0 Å². The third-order valence-electron chi connectivity index (χ3n) is 2.17. The van der Waals surface area contributed by atoms with Gasteiger partial charge in [-0.15, -0.1) is 10.2 Å². The second-order valence-electron chi connectivity index (χ2n) is 3.54. The van der Waals surface area contributed by atoms with E-state index in [1.165, 1.54) is 11.8 Å². The second kappa shape index (κ2) is 5.17. The van der Waals surface area contributed by atoms with Crippen molar-refractivity contribution in [1.82, 2.24) is 24.9 Å². The van der Waals surface area contributed by atoms with Gasteiger partial charge < -0.3 is 10.3 Å². The Morgan fingerprint density at radius 3 is 2.88 bits per heavy atom. The smallest absolute Gasteiger partial charge is 0.226 e. The van der Waals surface area contributed by atoms with Crippen LogP contribution in [0.2, 0.25) is 0 Å². The van der Waals surface area contributed by atoms with Crippen LogP contribution in [0, 0.1) is 0 Å². The molecule has 0 aliphatic heterocycles. The molecule has 0 radical (unpaired) electrons. The second-order valence-corrected chi connectivity index (χ2v) is 4.49. The van der Waals surface area contributed by atoms with Crippen LogP contribution < -0.4 is 5.73 Å². The van der Waals surface area contributed by atoms with Gasteiger partial charge in [0.2, 0.25) is 11.8 Å². The lowest BCUT2D eigenvalue weighted by atomic mass is 10.3. The van der Waals surface area contributed by atoms with Crippen molar-refractivity contribution >= 4 is 17.7 Å². The zero-order valence-electron chi connectivity index (χ0n) is 9.75. The van der Waals surface area contributed by atoms with Gasteiger partial charge in [-0.05, 0) is 6.42 Å². The molecule has 0 aliphatic rings. The number of nitrogen functional groups attached to an aromatic ring is 1. The molecule has 92 valence electrons. The van der Waals surface area contributed by atoms with Crippen LogP contribution in [0.3, 0.4) is 0 Å². The quantitative estimate of drug-likeness (QED) is 0.796. The van der Waals surface area contributed by atoms with Gasteiger partial charge in [0.15, 0.2) is 11.0 Å². The van der Waals surface area contributed by atoms with Gasteiger partial charge in [0.1, 0.15) is 0 Å². The van der Waals surface area contributed by atoms with Crippen LogP contribution in [0.15, 0.2) is 9.68 Å². The monoisotopic (exact) mass is 254 g/mol. The number of aryl methyl sites for hydroxylation is 1. The van der Waals surface area contributed by atoms with Crippen LogP contribution >= 0.6 is 11.8 Å². The first-order valence-corrected chi connectivity index (χ1v) is 6.28. The van der Waals surface area contributed by atoms with E-state index < -0.39 is 0 Å². The highest BCUT2D eigenvalue weighted by molar-refractivity contribution is 7.98. The highest BCUT2D eigenvalue weighted by atomic mass is 32.2. The van der Waals surface area contributed by atoms with E-state index in [4.69, 9.17) is 10.3 Å². The van der Waals surface area contributed by atoms with Gasteiger partial charge in [0.05, 0.1) is 5.75 Å². The molecule has 0 saturated heterocycles. The van der Waals surface area contributed by atoms with Gasteiger partial charge in [-0.3, -0.25) is 4.57 Å². The van der Waals surface area contributed by atoms with Gasteiger partial charge in [0.25, 0.3) is 0 Å². The first kappa shape index (κ1) is 11.9. The van der Waals surface area contributed by atoms with Gasteiger partial charge >= 0.3 is 0 Å². The molecule has 2 N–H and O–H groups in total. The van der Waals surface area contributed by atoms with E-state index in [-0.39, 0.29) is 0 Å². The van der Waals surface area contributed by atoms with E-state index in [1.807, 2.05) is 7.05 Å². The van der Waals surface area contributed by atoms with Gasteiger partial charge in [-0.25, -0.2) is 0 Å². The van der Waals surface area contributed by atoms with Crippen LogP contribution in [-0.4, -0.2) is 24.9 Å². The van der Waals surface area contributed by atoms with Crippen LogP contribution in [0.1, 0.15) is 25.1 Å². The summed E-state index contributed by atoms with van der Waals surface area (Å²) in [5.41, 5.74) is 5.58. The molecule has 7 nitrogen and oxygen atoms in total. The van der Waals surface area contributed by atoms with E-state index in [9.17, 15) is 0 Å². The minimum Gasteiger partial charge on any atom is -0.368 e. The van der Waals surface area contributed by atoms with Gasteiger partial charge in [-0.1, -0.05) is 23.8 Å². The molecule has 17 heavy (non-hydrogen) atoms. The van der Waals surface area contributed by atoms with Crippen LogP contribution in [-0.2, 0) is 19.2 Å². The summed E-state index contributed by atoms with van der Waals surface area (Å²) in [4.78, 5) is 4.26. The fourth-order valence-corrected chi connectivity index (χ4v) is 2.01. The Balaban J connectivity index is 1.95. The third-order valence-corrected chi connectivity index (χ3v) is 3.19. The minimum absolute atomic E-state index is 0.396. The molecule has 0 unspecified atom stereocenters. The molecule has 0 atom stereocenters. The molecule has 8 heteroatoms. The molecule has 0 aromatic carbocycles. The summed E-state index contributed by atoms with van der Waals surface area (Å²) in [5.74, 6) is 2.34. The molecule has 0 saturated carbocycles. The Morgan fingerprint density at radius 2 is 2.24 bits per heavy atom. The number of hydrogen-bond acceptors (Lipinski definition) is 7. The Hall–Kier alpha value is -1.57. The molecule has 2 aromatic rings. The molecule has 2 rings (SSSR count). The van der Waals surface area contributed by atoms with Crippen molar-refractivity contribution in [1.29, 1.82) is 0 Å². The summed E-state index contributed by atoms with van der Waals surface area (Å²) in [5, 5.41) is 12.3. The number of nitrogens with two attached hydrogens (primary N) is 1. The van der Waals surface area contributed by atoms with E-state index in [1.54, 1.807) is 4.57 Å². The molecule has 0 aliphatic carbocycles. The van der Waals surface area contributed by atoms with E-state index in [2.05, 4.69) is 27.3 Å². The number of thioether (sulfide) groups is 1. The maximum absolute atomic E-state index is 5.58. The maximum atomic E-state index is 5.58. The highest BCUT2D eigenvalue weighted by Crippen LogP contribution is 2.20. The molecule has 0 fully saturated rings. The lowest BCUT2D eigenvalue weighted by molar-refractivity contribution is 0.373. The van der Waals surface area contributed by atoms with E-state index in [0.717, 1.165) is 18.0 Å². The van der Waals surface area contributed by atoms with Crippen LogP contribution in [0.5, 0.6) is 0 Å². The fourth-order valence-electron chi connectivity index (χ4n) is 1.25. The molecule has 0 bridgehead atoms. The average Bonchev–Trinajstić information content (AvgIpc) is 2.87. The number of hydrogen-bond donors (Lipinski definition) is 1. The fraction of sp³-hybridized carbons (Fsp3) is 0.556. The summed E-state index contributed by atoms with van der Waals surface area (Å²) in [6.07, 6.45) is 1.81. The molecule has 0 spiro atoms. The lowest BCUT2D eigenvalue weighted by Crippen LogP contribution is -1.98. The molecular formula is C9H14N6OS. The minimum atomic E-state index is 0.396. The van der Waals surface area contributed by atoms with Crippen molar-refractivity contribution in [3.8, 4) is 0 Å². The van der Waals surface area contributed by atoms with Gasteiger partial charge in [-0.2, -0.15) is 4.98 Å². The summed E-state index contributed by atoms with van der Waals surface area (Å²) in [6, 6.07) is 0. The summed E-state index contributed by atoms with van der Waals surface area (Å²) in [7, 11) is 1.82. The van der Waals surface area contributed by atoms with Crippen molar-refractivity contribution in [2.24, 2.45) is 7.05 Å². The first-order valence-electron chi connectivity index (χ1n) is 5.29. The van der Waals surface area contributed by atoms with Crippen molar-refractivity contribution in [2.75, 3.05) is 5.73 Å². The summed E-state index contributed by atoms with van der Waals surface area (Å²) in [6.45, 7) is 2.07. The summed E-state index contributed by atoms with van der Waals surface area (Å²) >= 11 is 1.48.